The van der Waals surface area contributed by atoms with Crippen molar-refractivity contribution in [3.63, 3.8) is 0 Å². The fraction of sp³-hybridized carbons (Fsp3) is 0.500. The zero-order valence-corrected chi connectivity index (χ0v) is 14.6. The lowest BCUT2D eigenvalue weighted by Gasteiger charge is -2.19. The summed E-state index contributed by atoms with van der Waals surface area (Å²) in [4.78, 5) is 23.4. The minimum atomic E-state index is -0.528. The van der Waals surface area contributed by atoms with Crippen LogP contribution in [0.4, 0.5) is 10.5 Å². The molecule has 1 amide bonds. The molecule has 1 heterocycles. The number of carbonyl (C=O) groups is 1. The van der Waals surface area contributed by atoms with E-state index in [1.807, 2.05) is 0 Å². The van der Waals surface area contributed by atoms with E-state index in [0.717, 1.165) is 0 Å². The summed E-state index contributed by atoms with van der Waals surface area (Å²) in [7, 11) is 0. The summed E-state index contributed by atoms with van der Waals surface area (Å²) >= 11 is 3.24. The quantitative estimate of drug-likeness (QED) is 0.590. The van der Waals surface area contributed by atoms with Crippen LogP contribution in [0, 0.1) is 0 Å². The number of allylic oxidation sites excluding steroid dienone is 1. The van der Waals surface area contributed by atoms with Crippen molar-refractivity contribution >= 4 is 27.7 Å². The monoisotopic (exact) mass is 372 g/mol. The number of amides is 1. The second kappa shape index (κ2) is 7.98. The van der Waals surface area contributed by atoms with Gasteiger partial charge < -0.3 is 15.4 Å². The normalized spacial score (nSPS) is 10.9. The Labute approximate surface area is 137 Å². The first-order chi connectivity index (χ1) is 10.2. The lowest BCUT2D eigenvalue weighted by molar-refractivity contribution is 0.0530. The van der Waals surface area contributed by atoms with Crippen molar-refractivity contribution in [1.82, 2.24) is 15.1 Å². The molecule has 1 rings (SSSR count). The molecule has 1 aromatic rings. The van der Waals surface area contributed by atoms with Gasteiger partial charge >= 0.3 is 6.09 Å². The summed E-state index contributed by atoms with van der Waals surface area (Å²) in [6.45, 7) is 10.1. The van der Waals surface area contributed by atoms with E-state index in [4.69, 9.17) is 4.74 Å². The number of hydrogen-bond donors (Lipinski definition) is 2. The molecule has 0 aromatic carbocycles. The Morgan fingerprint density at radius 3 is 2.77 bits per heavy atom. The third kappa shape index (κ3) is 5.88. The topological polar surface area (TPSA) is 85.2 Å². The van der Waals surface area contributed by atoms with Gasteiger partial charge in [-0.15, -0.1) is 6.58 Å². The molecule has 0 spiro atoms. The summed E-state index contributed by atoms with van der Waals surface area (Å²) in [6, 6.07) is 0. The number of anilines is 1. The first-order valence-electron chi connectivity index (χ1n) is 6.82. The van der Waals surface area contributed by atoms with Gasteiger partial charge in [0.15, 0.2) is 0 Å². The van der Waals surface area contributed by atoms with Crippen molar-refractivity contribution < 1.29 is 9.53 Å². The van der Waals surface area contributed by atoms with E-state index in [2.05, 4.69) is 38.2 Å². The first-order valence-corrected chi connectivity index (χ1v) is 7.61. The van der Waals surface area contributed by atoms with Crippen LogP contribution in [-0.2, 0) is 11.3 Å². The van der Waals surface area contributed by atoms with Gasteiger partial charge in [-0.05, 0) is 36.7 Å². The van der Waals surface area contributed by atoms with Crippen LogP contribution >= 0.6 is 15.9 Å². The van der Waals surface area contributed by atoms with Gasteiger partial charge in [0.25, 0.3) is 5.56 Å². The number of carbonyl (C=O) groups excluding carboxylic acids is 1. The molecule has 0 saturated heterocycles. The van der Waals surface area contributed by atoms with Crippen molar-refractivity contribution in [2.24, 2.45) is 0 Å². The van der Waals surface area contributed by atoms with E-state index in [9.17, 15) is 9.59 Å². The molecule has 0 bridgehead atoms. The molecule has 0 unspecified atom stereocenters. The van der Waals surface area contributed by atoms with Gasteiger partial charge in [0.2, 0.25) is 0 Å². The molecule has 0 saturated carbocycles. The molecule has 0 atom stereocenters. The maximum absolute atomic E-state index is 12.0. The molecule has 7 nitrogen and oxygen atoms in total. The summed E-state index contributed by atoms with van der Waals surface area (Å²) in [5.74, 6) is 0. The number of nitrogens with zero attached hydrogens (tertiary/aromatic N) is 2. The average Bonchev–Trinajstić information content (AvgIpc) is 2.40. The molecule has 8 heteroatoms. The van der Waals surface area contributed by atoms with Crippen LogP contribution in [0.5, 0.6) is 0 Å². The molecule has 122 valence electrons. The van der Waals surface area contributed by atoms with E-state index in [1.165, 1.54) is 4.68 Å². The SMILES string of the molecule is C=CCn1ncc(NCCNC(=O)OC(C)(C)C)c(Br)c1=O. The predicted molar refractivity (Wildman–Crippen MR) is 89.1 cm³/mol. The third-order valence-corrected chi connectivity index (χ3v) is 3.16. The Hall–Kier alpha value is -1.83. The Morgan fingerprint density at radius 2 is 2.18 bits per heavy atom. The van der Waals surface area contributed by atoms with Crippen molar-refractivity contribution in [2.75, 3.05) is 18.4 Å². The van der Waals surface area contributed by atoms with Gasteiger partial charge in [-0.25, -0.2) is 9.48 Å². The molecule has 0 fully saturated rings. The van der Waals surface area contributed by atoms with Gasteiger partial charge in [-0.1, -0.05) is 6.08 Å². The highest BCUT2D eigenvalue weighted by Gasteiger charge is 2.15. The Kier molecular flexibility index (Phi) is 6.61. The zero-order chi connectivity index (χ0) is 16.8. The molecule has 22 heavy (non-hydrogen) atoms. The summed E-state index contributed by atoms with van der Waals surface area (Å²) in [5, 5.41) is 9.66. The fourth-order valence-electron chi connectivity index (χ4n) is 1.52. The van der Waals surface area contributed by atoms with Gasteiger partial charge in [-0.3, -0.25) is 4.79 Å². The Bertz CT molecular complexity index is 593. The number of nitrogens with one attached hydrogen (secondary N) is 2. The zero-order valence-electron chi connectivity index (χ0n) is 13.0. The van der Waals surface area contributed by atoms with Crippen LogP contribution in [0.1, 0.15) is 20.8 Å². The van der Waals surface area contributed by atoms with E-state index < -0.39 is 11.7 Å². The van der Waals surface area contributed by atoms with Gasteiger partial charge in [0.1, 0.15) is 10.1 Å². The first kappa shape index (κ1) is 18.2. The van der Waals surface area contributed by atoms with Gasteiger partial charge in [0, 0.05) is 13.1 Å². The largest absolute Gasteiger partial charge is 0.444 e. The minimum Gasteiger partial charge on any atom is -0.444 e. The van der Waals surface area contributed by atoms with E-state index in [-0.39, 0.29) is 5.56 Å². The van der Waals surface area contributed by atoms with Gasteiger partial charge in [0.05, 0.1) is 18.4 Å². The van der Waals surface area contributed by atoms with Crippen LogP contribution < -0.4 is 16.2 Å². The number of hydrogen-bond acceptors (Lipinski definition) is 5. The molecule has 1 aromatic heterocycles. The van der Waals surface area contributed by atoms with Crippen LogP contribution in [0.15, 0.2) is 28.1 Å². The fourth-order valence-corrected chi connectivity index (χ4v) is 1.96. The predicted octanol–water partition coefficient (Wildman–Crippen LogP) is 2.13. The molecule has 0 radical (unpaired) electrons. The Morgan fingerprint density at radius 1 is 1.50 bits per heavy atom. The number of halogens is 1. The summed E-state index contributed by atoms with van der Waals surface area (Å²) < 4.78 is 6.80. The van der Waals surface area contributed by atoms with Crippen LogP contribution in [0.2, 0.25) is 0 Å². The lowest BCUT2D eigenvalue weighted by atomic mass is 10.2. The number of ether oxygens (including phenoxy) is 1. The molecule has 2 N–H and O–H groups in total. The number of alkyl carbamates (subject to hydrolysis) is 1. The summed E-state index contributed by atoms with van der Waals surface area (Å²) in [6.07, 6.45) is 2.66. The van der Waals surface area contributed by atoms with Crippen molar-refractivity contribution in [3.8, 4) is 0 Å². The highest BCUT2D eigenvalue weighted by atomic mass is 79.9. The number of aromatic nitrogens is 2. The third-order valence-electron chi connectivity index (χ3n) is 2.40. The van der Waals surface area contributed by atoms with Gasteiger partial charge in [-0.2, -0.15) is 5.10 Å². The van der Waals surface area contributed by atoms with Crippen LogP contribution in [0.25, 0.3) is 0 Å². The van der Waals surface area contributed by atoms with E-state index >= 15 is 0 Å². The maximum atomic E-state index is 12.0. The van der Waals surface area contributed by atoms with Crippen molar-refractivity contribution in [3.05, 3.63) is 33.7 Å². The Balaban J connectivity index is 2.49. The van der Waals surface area contributed by atoms with E-state index in [1.54, 1.807) is 33.0 Å². The van der Waals surface area contributed by atoms with E-state index in [0.29, 0.717) is 29.8 Å². The minimum absolute atomic E-state index is 0.245. The average molecular weight is 373 g/mol. The standard InChI is InChI=1S/C14H21BrN4O3/c1-5-8-19-12(20)11(15)10(9-18-19)16-6-7-17-13(21)22-14(2,3)4/h5,9,16H,1,6-8H2,2-4H3,(H,17,21). The van der Waals surface area contributed by atoms with Crippen molar-refractivity contribution in [1.29, 1.82) is 0 Å². The lowest BCUT2D eigenvalue weighted by Crippen LogP contribution is -2.35. The molecular weight excluding hydrogens is 352 g/mol. The van der Waals surface area contributed by atoms with Crippen LogP contribution in [-0.4, -0.2) is 34.6 Å². The smallest absolute Gasteiger partial charge is 0.407 e. The van der Waals surface area contributed by atoms with Crippen LogP contribution in [0.3, 0.4) is 0 Å². The molecule has 0 aliphatic rings. The molecule has 0 aliphatic carbocycles. The second-order valence-corrected chi connectivity index (χ2v) is 6.30. The molecular formula is C14H21BrN4O3. The highest BCUT2D eigenvalue weighted by Crippen LogP contribution is 2.15. The molecule has 0 aliphatic heterocycles. The summed E-state index contributed by atoms with van der Waals surface area (Å²) in [5.41, 5.74) is -0.207. The maximum Gasteiger partial charge on any atom is 0.407 e. The number of rotatable bonds is 6. The van der Waals surface area contributed by atoms with Crippen molar-refractivity contribution in [2.45, 2.75) is 32.9 Å². The second-order valence-electron chi connectivity index (χ2n) is 5.50. The highest BCUT2D eigenvalue weighted by molar-refractivity contribution is 9.10.